The molecule has 0 aliphatic carbocycles. The Kier molecular flexibility index (Phi) is 8.34. The van der Waals surface area contributed by atoms with Gasteiger partial charge in [-0.2, -0.15) is 10.3 Å². The van der Waals surface area contributed by atoms with Crippen LogP contribution in [0.15, 0.2) is 11.2 Å². The van der Waals surface area contributed by atoms with E-state index in [-0.39, 0.29) is 11.8 Å². The molecule has 1 aromatic rings. The molecular formula is C14H25N3O2S. The Morgan fingerprint density at radius 1 is 1.40 bits per heavy atom. The number of rotatable bonds is 11. The number of carbonyl (C=O) groups is 1. The van der Waals surface area contributed by atoms with E-state index in [0.29, 0.717) is 0 Å². The molecule has 114 valence electrons. The topological polar surface area (TPSA) is 78.9 Å². The summed E-state index contributed by atoms with van der Waals surface area (Å²) in [5.41, 5.74) is 0. The minimum atomic E-state index is -0.652. The summed E-state index contributed by atoms with van der Waals surface area (Å²) in [5.74, 6) is 0.277. The van der Waals surface area contributed by atoms with Gasteiger partial charge in [-0.3, -0.25) is 4.79 Å². The second kappa shape index (κ2) is 9.80. The molecule has 0 bridgehead atoms. The van der Waals surface area contributed by atoms with E-state index in [2.05, 4.69) is 29.3 Å². The van der Waals surface area contributed by atoms with Gasteiger partial charge in [-0.25, -0.2) is 0 Å². The molecule has 0 aromatic carbocycles. The normalized spacial score (nSPS) is 14.1. The van der Waals surface area contributed by atoms with Crippen molar-refractivity contribution in [2.24, 2.45) is 11.8 Å². The molecule has 1 heterocycles. The van der Waals surface area contributed by atoms with Gasteiger partial charge in [-0.1, -0.05) is 33.1 Å². The van der Waals surface area contributed by atoms with Crippen molar-refractivity contribution in [3.05, 3.63) is 6.20 Å². The molecule has 0 fully saturated rings. The minimum absolute atomic E-state index is 0.218. The number of aromatic nitrogens is 3. The number of hydrogen-bond donors (Lipinski definition) is 2. The smallest absolute Gasteiger partial charge is 0.306 e. The largest absolute Gasteiger partial charge is 0.481 e. The fourth-order valence-corrected chi connectivity index (χ4v) is 3.06. The van der Waals surface area contributed by atoms with Crippen LogP contribution >= 0.6 is 11.8 Å². The zero-order valence-electron chi connectivity index (χ0n) is 12.3. The van der Waals surface area contributed by atoms with Gasteiger partial charge >= 0.3 is 5.97 Å². The van der Waals surface area contributed by atoms with Gasteiger partial charge in [0.1, 0.15) is 5.03 Å². The van der Waals surface area contributed by atoms with Gasteiger partial charge in [-0.05, 0) is 30.9 Å². The number of H-pyrrole nitrogens is 1. The lowest BCUT2D eigenvalue weighted by Gasteiger charge is -2.19. The maximum atomic E-state index is 11.4. The quantitative estimate of drug-likeness (QED) is 0.482. The van der Waals surface area contributed by atoms with Crippen molar-refractivity contribution < 1.29 is 9.90 Å². The average molecular weight is 299 g/mol. The number of nitrogens with zero attached hydrogens (tertiary/aromatic N) is 2. The molecule has 0 spiro atoms. The maximum Gasteiger partial charge on any atom is 0.306 e. The summed E-state index contributed by atoms with van der Waals surface area (Å²) in [6.45, 7) is 4.24. The van der Waals surface area contributed by atoms with E-state index in [9.17, 15) is 9.90 Å². The highest BCUT2D eigenvalue weighted by Crippen LogP contribution is 2.25. The van der Waals surface area contributed by atoms with E-state index in [1.807, 2.05) is 0 Å². The minimum Gasteiger partial charge on any atom is -0.481 e. The fraction of sp³-hybridized carbons (Fsp3) is 0.786. The van der Waals surface area contributed by atoms with Crippen LogP contribution in [0.1, 0.15) is 52.4 Å². The zero-order chi connectivity index (χ0) is 14.8. The van der Waals surface area contributed by atoms with Crippen molar-refractivity contribution in [1.82, 2.24) is 15.4 Å². The van der Waals surface area contributed by atoms with Crippen LogP contribution in [0.3, 0.4) is 0 Å². The first kappa shape index (κ1) is 17.0. The molecule has 1 aromatic heterocycles. The third-order valence-corrected chi connectivity index (χ3v) is 4.55. The Morgan fingerprint density at radius 3 is 2.80 bits per heavy atom. The molecule has 0 saturated carbocycles. The Balaban J connectivity index is 2.25. The van der Waals surface area contributed by atoms with E-state index in [1.54, 1.807) is 18.0 Å². The average Bonchev–Trinajstić information content (AvgIpc) is 2.91. The van der Waals surface area contributed by atoms with E-state index >= 15 is 0 Å². The summed E-state index contributed by atoms with van der Waals surface area (Å²) in [6.07, 6.45) is 7.85. The highest BCUT2D eigenvalue weighted by atomic mass is 32.2. The highest BCUT2D eigenvalue weighted by molar-refractivity contribution is 7.99. The first-order valence-electron chi connectivity index (χ1n) is 7.36. The standard InChI is InChI=1S/C14H25N3O2S/c1-3-4-5-7-11(2)12(14(18)19)8-6-9-20-13-10-15-17-16-13/h10-12H,3-9H2,1-2H3,(H,18,19)(H,15,16,17). The third kappa shape index (κ3) is 6.41. The van der Waals surface area contributed by atoms with Gasteiger partial charge < -0.3 is 5.11 Å². The van der Waals surface area contributed by atoms with Gasteiger partial charge in [0, 0.05) is 0 Å². The molecule has 2 atom stereocenters. The molecule has 0 aliphatic heterocycles. The van der Waals surface area contributed by atoms with Crippen LogP contribution in [-0.4, -0.2) is 32.2 Å². The predicted molar refractivity (Wildman–Crippen MR) is 80.8 cm³/mol. The Morgan fingerprint density at radius 2 is 2.20 bits per heavy atom. The summed E-state index contributed by atoms with van der Waals surface area (Å²) in [6, 6.07) is 0. The second-order valence-corrected chi connectivity index (χ2v) is 6.33. The van der Waals surface area contributed by atoms with E-state index in [1.165, 1.54) is 12.8 Å². The van der Waals surface area contributed by atoms with Crippen LogP contribution in [0.2, 0.25) is 0 Å². The van der Waals surface area contributed by atoms with Crippen molar-refractivity contribution in [3.63, 3.8) is 0 Å². The van der Waals surface area contributed by atoms with Crippen LogP contribution in [0.5, 0.6) is 0 Å². The second-order valence-electron chi connectivity index (χ2n) is 5.22. The summed E-state index contributed by atoms with van der Waals surface area (Å²) in [5, 5.41) is 20.5. The molecule has 0 saturated heterocycles. The number of aromatic amines is 1. The van der Waals surface area contributed by atoms with E-state index < -0.39 is 5.97 Å². The molecule has 0 aliphatic rings. The summed E-state index contributed by atoms with van der Waals surface area (Å²) in [7, 11) is 0. The lowest BCUT2D eigenvalue weighted by atomic mass is 9.86. The van der Waals surface area contributed by atoms with Gasteiger partial charge in [-0.15, -0.1) is 16.9 Å². The van der Waals surface area contributed by atoms with Crippen molar-refractivity contribution in [2.45, 2.75) is 57.4 Å². The summed E-state index contributed by atoms with van der Waals surface area (Å²) >= 11 is 1.62. The molecule has 2 unspecified atom stereocenters. The maximum absolute atomic E-state index is 11.4. The lowest BCUT2D eigenvalue weighted by Crippen LogP contribution is -2.22. The van der Waals surface area contributed by atoms with Gasteiger partial charge in [0.15, 0.2) is 0 Å². The van der Waals surface area contributed by atoms with E-state index in [4.69, 9.17) is 0 Å². The number of carboxylic acids is 1. The van der Waals surface area contributed by atoms with Crippen LogP contribution in [-0.2, 0) is 4.79 Å². The van der Waals surface area contributed by atoms with Gasteiger partial charge in [0.25, 0.3) is 0 Å². The monoisotopic (exact) mass is 299 g/mol. The Hall–Kier alpha value is -1.04. The Bertz CT molecular complexity index is 371. The van der Waals surface area contributed by atoms with Crippen molar-refractivity contribution >= 4 is 17.7 Å². The lowest BCUT2D eigenvalue weighted by molar-refractivity contribution is -0.143. The fourth-order valence-electron chi connectivity index (χ4n) is 2.31. The Labute approximate surface area is 124 Å². The zero-order valence-corrected chi connectivity index (χ0v) is 13.2. The van der Waals surface area contributed by atoms with Gasteiger partial charge in [0.05, 0.1) is 12.1 Å². The molecule has 2 N–H and O–H groups in total. The number of nitrogens with one attached hydrogen (secondary N) is 1. The van der Waals surface area contributed by atoms with Crippen molar-refractivity contribution in [2.75, 3.05) is 5.75 Å². The number of aliphatic carboxylic acids is 1. The van der Waals surface area contributed by atoms with Gasteiger partial charge in [0.2, 0.25) is 0 Å². The molecule has 5 nitrogen and oxygen atoms in total. The summed E-state index contributed by atoms with van der Waals surface area (Å²) < 4.78 is 0. The SMILES string of the molecule is CCCCCC(C)C(CCCSc1cn[nH]n1)C(=O)O. The molecule has 20 heavy (non-hydrogen) atoms. The van der Waals surface area contributed by atoms with Crippen LogP contribution in [0, 0.1) is 11.8 Å². The number of unbranched alkanes of at least 4 members (excludes halogenated alkanes) is 2. The third-order valence-electron chi connectivity index (χ3n) is 3.57. The predicted octanol–water partition coefficient (Wildman–Crippen LogP) is 3.59. The van der Waals surface area contributed by atoms with Crippen LogP contribution in [0.4, 0.5) is 0 Å². The molecule has 1 rings (SSSR count). The molecule has 6 heteroatoms. The summed E-state index contributed by atoms with van der Waals surface area (Å²) in [4.78, 5) is 11.4. The van der Waals surface area contributed by atoms with Crippen molar-refractivity contribution in [3.8, 4) is 0 Å². The molecular weight excluding hydrogens is 274 g/mol. The van der Waals surface area contributed by atoms with Crippen LogP contribution < -0.4 is 0 Å². The number of hydrogen-bond acceptors (Lipinski definition) is 4. The first-order chi connectivity index (χ1) is 9.65. The highest BCUT2D eigenvalue weighted by Gasteiger charge is 2.23. The van der Waals surface area contributed by atoms with Crippen LogP contribution in [0.25, 0.3) is 0 Å². The number of carboxylic acid groups (broad SMARTS) is 1. The molecule has 0 radical (unpaired) electrons. The van der Waals surface area contributed by atoms with Crippen molar-refractivity contribution in [1.29, 1.82) is 0 Å². The molecule has 0 amide bonds. The number of thioether (sulfide) groups is 1. The first-order valence-corrected chi connectivity index (χ1v) is 8.35. The van der Waals surface area contributed by atoms with E-state index in [0.717, 1.165) is 36.5 Å².